The van der Waals surface area contributed by atoms with Crippen molar-refractivity contribution >= 4 is 45.5 Å². The van der Waals surface area contributed by atoms with Crippen molar-refractivity contribution in [3.05, 3.63) is 57.6 Å². The van der Waals surface area contributed by atoms with Gasteiger partial charge in [-0.05, 0) is 58.8 Å². The lowest BCUT2D eigenvalue weighted by Gasteiger charge is -2.26. The number of ether oxygens (including phenoxy) is 1. The number of hydrogen-bond donors (Lipinski definition) is 2. The topological polar surface area (TPSA) is 95.9 Å². The van der Waals surface area contributed by atoms with Crippen LogP contribution in [0.15, 0.2) is 46.4 Å². The van der Waals surface area contributed by atoms with E-state index in [0.29, 0.717) is 15.7 Å². The highest BCUT2D eigenvalue weighted by Gasteiger charge is 2.36. The number of carbonyl (C=O) groups excluding carboxylic acids is 3. The van der Waals surface area contributed by atoms with Crippen LogP contribution in [0.2, 0.25) is 0 Å². The first-order chi connectivity index (χ1) is 12.8. The molecule has 2 N–H and O–H groups in total. The van der Waals surface area contributed by atoms with Crippen LogP contribution in [0.25, 0.3) is 6.08 Å². The van der Waals surface area contributed by atoms with Gasteiger partial charge in [-0.15, -0.1) is 0 Å². The van der Waals surface area contributed by atoms with Crippen LogP contribution < -0.4 is 15.0 Å². The van der Waals surface area contributed by atoms with Crippen LogP contribution in [0, 0.1) is 6.92 Å². The molecule has 1 saturated heterocycles. The summed E-state index contributed by atoms with van der Waals surface area (Å²) in [5, 5.41) is 12.1. The summed E-state index contributed by atoms with van der Waals surface area (Å²) < 4.78 is 5.41. The fourth-order valence-corrected chi connectivity index (χ4v) is 3.04. The first kappa shape index (κ1) is 18.7. The number of carbonyl (C=O) groups is 3. The van der Waals surface area contributed by atoms with E-state index in [1.807, 2.05) is 6.92 Å². The number of aromatic hydroxyl groups is 1. The van der Waals surface area contributed by atoms with Crippen molar-refractivity contribution in [1.29, 1.82) is 0 Å². The summed E-state index contributed by atoms with van der Waals surface area (Å²) in [5.74, 6) is -1.46. The molecule has 1 heterocycles. The van der Waals surface area contributed by atoms with Gasteiger partial charge in [0.15, 0.2) is 11.5 Å². The Balaban J connectivity index is 2.04. The SMILES string of the molecule is COc1cc(C=C2C(=O)NC(=O)N(c3ccc(C)cc3)C2=O)cc(Br)c1O. The molecule has 0 spiro atoms. The zero-order valence-corrected chi connectivity index (χ0v) is 16.0. The van der Waals surface area contributed by atoms with Crippen molar-refractivity contribution in [3.8, 4) is 11.5 Å². The molecule has 4 amide bonds. The number of halogens is 1. The van der Waals surface area contributed by atoms with E-state index < -0.39 is 17.8 Å². The molecular weight excluding hydrogens is 416 g/mol. The third-order valence-corrected chi connectivity index (χ3v) is 4.58. The van der Waals surface area contributed by atoms with E-state index in [0.717, 1.165) is 10.5 Å². The molecule has 8 heteroatoms. The molecular formula is C19H15BrN2O5. The third kappa shape index (κ3) is 3.56. The predicted octanol–water partition coefficient (Wildman–Crippen LogP) is 3.14. The average molecular weight is 431 g/mol. The maximum absolute atomic E-state index is 12.8. The Morgan fingerprint density at radius 1 is 1.15 bits per heavy atom. The van der Waals surface area contributed by atoms with Gasteiger partial charge in [0.1, 0.15) is 5.57 Å². The Kier molecular flexibility index (Phi) is 5.00. The maximum atomic E-state index is 12.8. The van der Waals surface area contributed by atoms with Gasteiger partial charge in [-0.3, -0.25) is 14.9 Å². The standard InChI is InChI=1S/C19H15BrN2O5/c1-10-3-5-12(6-4-10)22-18(25)13(17(24)21-19(22)26)7-11-8-14(20)16(23)15(9-11)27-2/h3-9,23H,1-2H3,(H,21,24,26). The van der Waals surface area contributed by atoms with E-state index in [9.17, 15) is 19.5 Å². The second kappa shape index (κ2) is 7.24. The molecule has 2 aromatic carbocycles. The smallest absolute Gasteiger partial charge is 0.335 e. The first-order valence-corrected chi connectivity index (χ1v) is 8.65. The lowest BCUT2D eigenvalue weighted by molar-refractivity contribution is -0.122. The van der Waals surface area contributed by atoms with Crippen LogP contribution in [0.1, 0.15) is 11.1 Å². The van der Waals surface area contributed by atoms with Gasteiger partial charge in [0.25, 0.3) is 11.8 Å². The third-order valence-electron chi connectivity index (χ3n) is 3.98. The van der Waals surface area contributed by atoms with Crippen LogP contribution in [0.5, 0.6) is 11.5 Å². The zero-order valence-electron chi connectivity index (χ0n) is 14.4. The minimum atomic E-state index is -0.810. The van der Waals surface area contributed by atoms with E-state index in [2.05, 4.69) is 21.2 Å². The minimum Gasteiger partial charge on any atom is -0.503 e. The average Bonchev–Trinajstić information content (AvgIpc) is 2.62. The van der Waals surface area contributed by atoms with Crippen molar-refractivity contribution in [2.75, 3.05) is 12.0 Å². The molecule has 138 valence electrons. The van der Waals surface area contributed by atoms with Crippen molar-refractivity contribution in [1.82, 2.24) is 5.32 Å². The van der Waals surface area contributed by atoms with Crippen LogP contribution >= 0.6 is 15.9 Å². The van der Waals surface area contributed by atoms with E-state index in [4.69, 9.17) is 4.74 Å². The Hall–Kier alpha value is -3.13. The number of urea groups is 1. The first-order valence-electron chi connectivity index (χ1n) is 7.86. The number of hydrogen-bond acceptors (Lipinski definition) is 5. The maximum Gasteiger partial charge on any atom is 0.335 e. The quantitative estimate of drug-likeness (QED) is 0.575. The number of barbiturate groups is 1. The summed E-state index contributed by atoms with van der Waals surface area (Å²) in [7, 11) is 1.38. The lowest BCUT2D eigenvalue weighted by atomic mass is 10.1. The fraction of sp³-hybridized carbons (Fsp3) is 0.105. The predicted molar refractivity (Wildman–Crippen MR) is 103 cm³/mol. The highest BCUT2D eigenvalue weighted by molar-refractivity contribution is 9.10. The number of rotatable bonds is 3. The monoisotopic (exact) mass is 430 g/mol. The van der Waals surface area contributed by atoms with Gasteiger partial charge in [-0.1, -0.05) is 17.7 Å². The Morgan fingerprint density at radius 2 is 1.81 bits per heavy atom. The number of methoxy groups -OCH3 is 1. The van der Waals surface area contributed by atoms with Crippen molar-refractivity contribution < 1.29 is 24.2 Å². The molecule has 0 unspecified atom stereocenters. The van der Waals surface area contributed by atoms with Crippen LogP contribution in [0.4, 0.5) is 10.5 Å². The fourth-order valence-electron chi connectivity index (χ4n) is 2.59. The summed E-state index contributed by atoms with van der Waals surface area (Å²) in [6.45, 7) is 1.88. The molecule has 0 saturated carbocycles. The molecule has 2 aromatic rings. The summed E-state index contributed by atoms with van der Waals surface area (Å²) >= 11 is 3.19. The van der Waals surface area contributed by atoms with Gasteiger partial charge < -0.3 is 9.84 Å². The molecule has 1 aliphatic rings. The van der Waals surface area contributed by atoms with Crippen LogP contribution in [-0.4, -0.2) is 30.1 Å². The number of imide groups is 2. The van der Waals surface area contributed by atoms with Gasteiger partial charge in [-0.2, -0.15) is 0 Å². The Bertz CT molecular complexity index is 982. The summed E-state index contributed by atoms with van der Waals surface area (Å²) in [4.78, 5) is 38.1. The molecule has 0 aromatic heterocycles. The molecule has 3 rings (SSSR count). The van der Waals surface area contributed by atoms with Crippen molar-refractivity contribution in [2.24, 2.45) is 0 Å². The van der Waals surface area contributed by atoms with Gasteiger partial charge in [0.2, 0.25) is 0 Å². The second-order valence-electron chi connectivity index (χ2n) is 5.85. The van der Waals surface area contributed by atoms with E-state index >= 15 is 0 Å². The number of phenols is 1. The van der Waals surface area contributed by atoms with Gasteiger partial charge in [0.05, 0.1) is 17.3 Å². The van der Waals surface area contributed by atoms with Crippen molar-refractivity contribution in [3.63, 3.8) is 0 Å². The molecule has 27 heavy (non-hydrogen) atoms. The largest absolute Gasteiger partial charge is 0.503 e. The molecule has 1 fully saturated rings. The number of nitrogens with one attached hydrogen (secondary N) is 1. The molecule has 7 nitrogen and oxygen atoms in total. The molecule has 0 radical (unpaired) electrons. The highest BCUT2D eigenvalue weighted by Crippen LogP contribution is 2.36. The van der Waals surface area contributed by atoms with Gasteiger partial charge in [0, 0.05) is 0 Å². The Morgan fingerprint density at radius 3 is 2.44 bits per heavy atom. The zero-order chi connectivity index (χ0) is 19.7. The van der Waals surface area contributed by atoms with Crippen LogP contribution in [-0.2, 0) is 9.59 Å². The minimum absolute atomic E-state index is 0.101. The van der Waals surface area contributed by atoms with E-state index in [1.54, 1.807) is 24.3 Å². The number of phenolic OH excluding ortho intramolecular Hbond substituents is 1. The number of anilines is 1. The molecule has 1 aliphatic heterocycles. The van der Waals surface area contributed by atoms with Gasteiger partial charge >= 0.3 is 6.03 Å². The number of nitrogens with zero attached hydrogens (tertiary/aromatic N) is 1. The van der Waals surface area contributed by atoms with E-state index in [1.165, 1.54) is 25.3 Å². The lowest BCUT2D eigenvalue weighted by Crippen LogP contribution is -2.54. The molecule has 0 atom stereocenters. The molecule has 0 bridgehead atoms. The number of benzene rings is 2. The Labute approximate surface area is 163 Å². The van der Waals surface area contributed by atoms with Crippen molar-refractivity contribution in [2.45, 2.75) is 6.92 Å². The van der Waals surface area contributed by atoms with Gasteiger partial charge in [-0.25, -0.2) is 9.69 Å². The van der Waals surface area contributed by atoms with Crippen LogP contribution in [0.3, 0.4) is 0 Å². The number of aryl methyl sites for hydroxylation is 1. The number of amides is 4. The summed E-state index contributed by atoms with van der Waals surface area (Å²) in [6, 6.07) is 8.96. The normalized spacial score (nSPS) is 15.9. The van der Waals surface area contributed by atoms with E-state index in [-0.39, 0.29) is 17.1 Å². The molecule has 0 aliphatic carbocycles. The summed E-state index contributed by atoms with van der Waals surface area (Å²) in [5.41, 5.74) is 1.55. The highest BCUT2D eigenvalue weighted by atomic mass is 79.9. The summed E-state index contributed by atoms with van der Waals surface area (Å²) in [6.07, 6.45) is 1.33. The second-order valence-corrected chi connectivity index (χ2v) is 6.70.